The molecule has 2 aliphatic carbocycles. The zero-order valence-electron chi connectivity index (χ0n) is 9.91. The largest absolute Gasteiger partial charge is 0.469 e. The summed E-state index contributed by atoms with van der Waals surface area (Å²) in [6.07, 6.45) is 4.50. The monoisotopic (exact) mass is 225 g/mol. The Bertz CT molecular complexity index is 299. The normalized spacial score (nSPS) is 36.1. The van der Waals surface area contributed by atoms with Crippen LogP contribution in [0.3, 0.4) is 0 Å². The van der Waals surface area contributed by atoms with E-state index in [9.17, 15) is 9.59 Å². The van der Waals surface area contributed by atoms with Crippen LogP contribution in [-0.2, 0) is 14.3 Å². The summed E-state index contributed by atoms with van der Waals surface area (Å²) in [6, 6.07) is 0.339. The van der Waals surface area contributed by atoms with Crippen molar-refractivity contribution >= 4 is 11.9 Å². The van der Waals surface area contributed by atoms with Gasteiger partial charge in [-0.2, -0.15) is 0 Å². The smallest absolute Gasteiger partial charge is 0.308 e. The summed E-state index contributed by atoms with van der Waals surface area (Å²) >= 11 is 0. The van der Waals surface area contributed by atoms with Crippen LogP contribution in [0.25, 0.3) is 0 Å². The molecule has 4 nitrogen and oxygen atoms in total. The zero-order chi connectivity index (χ0) is 11.8. The van der Waals surface area contributed by atoms with E-state index in [1.54, 1.807) is 0 Å². The first-order chi connectivity index (χ1) is 7.58. The van der Waals surface area contributed by atoms with Crippen LogP contribution < -0.4 is 5.32 Å². The van der Waals surface area contributed by atoms with E-state index in [-0.39, 0.29) is 17.8 Å². The molecule has 1 spiro atoms. The van der Waals surface area contributed by atoms with Gasteiger partial charge < -0.3 is 10.1 Å². The maximum absolute atomic E-state index is 11.2. The van der Waals surface area contributed by atoms with E-state index in [1.165, 1.54) is 7.11 Å². The Balaban J connectivity index is 1.70. The number of esters is 1. The molecule has 2 saturated carbocycles. The predicted molar refractivity (Wildman–Crippen MR) is 58.6 cm³/mol. The second kappa shape index (κ2) is 4.07. The summed E-state index contributed by atoms with van der Waals surface area (Å²) in [5.41, 5.74) is 0.338. The maximum atomic E-state index is 11.2. The molecule has 2 fully saturated rings. The van der Waals surface area contributed by atoms with E-state index < -0.39 is 0 Å². The van der Waals surface area contributed by atoms with Crippen molar-refractivity contribution in [1.82, 2.24) is 5.32 Å². The lowest BCUT2D eigenvalue weighted by Gasteiger charge is -2.56. The van der Waals surface area contributed by atoms with Crippen LogP contribution in [0.5, 0.6) is 0 Å². The van der Waals surface area contributed by atoms with Crippen LogP contribution in [0.15, 0.2) is 0 Å². The van der Waals surface area contributed by atoms with Gasteiger partial charge in [-0.05, 0) is 31.1 Å². The van der Waals surface area contributed by atoms with Crippen molar-refractivity contribution in [2.24, 2.45) is 11.3 Å². The Kier molecular flexibility index (Phi) is 2.91. The molecule has 2 aliphatic rings. The fraction of sp³-hybridized carbons (Fsp3) is 0.833. The number of rotatable bonds is 3. The van der Waals surface area contributed by atoms with Gasteiger partial charge in [-0.1, -0.05) is 6.92 Å². The minimum atomic E-state index is -0.0772. The van der Waals surface area contributed by atoms with Crippen LogP contribution in [-0.4, -0.2) is 25.0 Å². The molecule has 0 radical (unpaired) electrons. The van der Waals surface area contributed by atoms with Crippen molar-refractivity contribution in [3.8, 4) is 0 Å². The highest BCUT2D eigenvalue weighted by Crippen LogP contribution is 2.58. The Morgan fingerprint density at radius 3 is 2.44 bits per heavy atom. The Hall–Kier alpha value is -1.06. The number of carbonyl (C=O) groups is 2. The molecule has 0 aromatic heterocycles. The zero-order valence-corrected chi connectivity index (χ0v) is 9.91. The van der Waals surface area contributed by atoms with Gasteiger partial charge in [0.2, 0.25) is 5.91 Å². The van der Waals surface area contributed by atoms with Crippen LogP contribution in [0.4, 0.5) is 0 Å². The van der Waals surface area contributed by atoms with Crippen molar-refractivity contribution in [3.05, 3.63) is 0 Å². The number of nitrogens with one attached hydrogen (secondary N) is 1. The molecular formula is C12H19NO3. The third kappa shape index (κ3) is 1.93. The van der Waals surface area contributed by atoms with Crippen molar-refractivity contribution in [2.75, 3.05) is 7.11 Å². The molecule has 0 saturated heterocycles. The summed E-state index contributed by atoms with van der Waals surface area (Å²) in [6.45, 7) is 1.86. The van der Waals surface area contributed by atoms with Crippen molar-refractivity contribution in [1.29, 1.82) is 0 Å². The van der Waals surface area contributed by atoms with Gasteiger partial charge in [-0.3, -0.25) is 9.59 Å². The first-order valence-electron chi connectivity index (χ1n) is 5.96. The molecule has 2 rings (SSSR count). The number of carbonyl (C=O) groups excluding carboxylic acids is 2. The second-order valence-corrected chi connectivity index (χ2v) is 5.15. The molecule has 0 aliphatic heterocycles. The quantitative estimate of drug-likeness (QED) is 0.735. The minimum absolute atomic E-state index is 0.0772. The highest BCUT2D eigenvalue weighted by atomic mass is 16.5. The van der Waals surface area contributed by atoms with Crippen LogP contribution in [0.1, 0.15) is 39.0 Å². The summed E-state index contributed by atoms with van der Waals surface area (Å²) in [7, 11) is 1.44. The van der Waals surface area contributed by atoms with E-state index in [1.807, 2.05) is 6.92 Å². The number of ether oxygens (including phenoxy) is 1. The molecule has 0 bridgehead atoms. The van der Waals surface area contributed by atoms with Crippen LogP contribution >= 0.6 is 0 Å². The standard InChI is InChI=1S/C12H19NO3/c1-3-10(14)13-9-6-12(7-9)4-8(5-12)11(15)16-2/h8-9H,3-7H2,1-2H3,(H,13,14). The number of hydrogen-bond acceptors (Lipinski definition) is 3. The highest BCUT2D eigenvalue weighted by Gasteiger charge is 2.55. The van der Waals surface area contributed by atoms with Gasteiger partial charge in [0.1, 0.15) is 0 Å². The van der Waals surface area contributed by atoms with E-state index in [0.29, 0.717) is 17.9 Å². The van der Waals surface area contributed by atoms with Gasteiger partial charge in [-0.15, -0.1) is 0 Å². The van der Waals surface area contributed by atoms with E-state index >= 15 is 0 Å². The van der Waals surface area contributed by atoms with Gasteiger partial charge in [0.15, 0.2) is 0 Å². The molecule has 1 N–H and O–H groups in total. The maximum Gasteiger partial charge on any atom is 0.308 e. The first-order valence-corrected chi connectivity index (χ1v) is 5.96. The van der Waals surface area contributed by atoms with E-state index in [4.69, 9.17) is 4.74 Å². The molecular weight excluding hydrogens is 206 g/mol. The molecule has 1 amide bonds. The first kappa shape index (κ1) is 11.4. The van der Waals surface area contributed by atoms with Crippen molar-refractivity contribution in [3.63, 3.8) is 0 Å². The predicted octanol–water partition coefficient (Wildman–Crippen LogP) is 1.24. The van der Waals surface area contributed by atoms with Gasteiger partial charge in [0.25, 0.3) is 0 Å². The Morgan fingerprint density at radius 2 is 1.94 bits per heavy atom. The van der Waals surface area contributed by atoms with Crippen molar-refractivity contribution < 1.29 is 14.3 Å². The molecule has 0 aromatic carbocycles. The lowest BCUT2D eigenvalue weighted by Crippen LogP contribution is -2.57. The average Bonchev–Trinajstić information content (AvgIpc) is 2.18. The molecule has 4 heteroatoms. The number of amides is 1. The van der Waals surface area contributed by atoms with Crippen molar-refractivity contribution in [2.45, 2.75) is 45.1 Å². The lowest BCUT2D eigenvalue weighted by molar-refractivity contribution is -0.160. The fourth-order valence-electron chi connectivity index (χ4n) is 3.07. The Morgan fingerprint density at radius 1 is 1.31 bits per heavy atom. The number of methoxy groups -OCH3 is 1. The summed E-state index contributed by atoms with van der Waals surface area (Å²) in [5, 5.41) is 2.99. The average molecular weight is 225 g/mol. The van der Waals surface area contributed by atoms with Gasteiger partial charge >= 0.3 is 5.97 Å². The second-order valence-electron chi connectivity index (χ2n) is 5.15. The van der Waals surface area contributed by atoms with Crippen LogP contribution in [0.2, 0.25) is 0 Å². The molecule has 0 aromatic rings. The summed E-state index contributed by atoms with van der Waals surface area (Å²) < 4.78 is 4.72. The molecule has 0 unspecified atom stereocenters. The lowest BCUT2D eigenvalue weighted by atomic mass is 9.50. The molecule has 90 valence electrons. The van der Waals surface area contributed by atoms with Gasteiger partial charge in [0, 0.05) is 12.5 Å². The number of hydrogen-bond donors (Lipinski definition) is 1. The Labute approximate surface area is 95.7 Å². The third-order valence-electron chi connectivity index (χ3n) is 3.94. The van der Waals surface area contributed by atoms with Gasteiger partial charge in [0.05, 0.1) is 13.0 Å². The molecule has 16 heavy (non-hydrogen) atoms. The topological polar surface area (TPSA) is 55.4 Å². The van der Waals surface area contributed by atoms with Crippen LogP contribution in [0, 0.1) is 11.3 Å². The third-order valence-corrected chi connectivity index (χ3v) is 3.94. The van der Waals surface area contributed by atoms with E-state index in [2.05, 4.69) is 5.32 Å². The van der Waals surface area contributed by atoms with Gasteiger partial charge in [-0.25, -0.2) is 0 Å². The SMILES string of the molecule is CCC(=O)NC1CC2(C1)CC(C(=O)OC)C2. The minimum Gasteiger partial charge on any atom is -0.469 e. The van der Waals surface area contributed by atoms with E-state index in [0.717, 1.165) is 25.7 Å². The summed E-state index contributed by atoms with van der Waals surface area (Å²) in [4.78, 5) is 22.4. The fourth-order valence-corrected chi connectivity index (χ4v) is 3.07. The molecule has 0 atom stereocenters. The molecule has 0 heterocycles. The highest BCUT2D eigenvalue weighted by molar-refractivity contribution is 5.76. The summed E-state index contributed by atoms with van der Waals surface area (Å²) in [5.74, 6) is 0.156.